The highest BCUT2D eigenvalue weighted by Gasteiger charge is 2.44. The van der Waals surface area contributed by atoms with E-state index < -0.39 is 53.0 Å². The average molecular weight is 734 g/mol. The van der Waals surface area contributed by atoms with Crippen molar-refractivity contribution < 1.29 is 33.8 Å². The standard InChI is InChI=1S/C36H52ClN5O7S/c1-21(24-9-10-26(27(37)15-24)30-22(2)38-20-50-30)39-32(45)28-16-25(43)17-42(28)33(46)31(35(3,4)5)40-29(44)19-48-18-23-11-13-41(14-12-23)34(47)49-36(6,7)8/h9-10,15,20-21,23,25,28,31,43H,11-14,16-19H2,1-8H3,(H,39,45)(H,40,44)/t21?,25-,28+,31?/m1/s1. The minimum atomic E-state index is -0.963. The average Bonchev–Trinajstić information content (AvgIpc) is 3.63. The number of β-amino-alcohol motifs (C(OH)–C–C–N with tert-alkyl or cyclic N) is 1. The first-order valence-electron chi connectivity index (χ1n) is 17.2. The number of ether oxygens (including phenoxy) is 2. The normalized spacial score (nSPS) is 20.0. The molecule has 0 aliphatic carbocycles. The summed E-state index contributed by atoms with van der Waals surface area (Å²) in [5, 5.41) is 16.9. The monoisotopic (exact) mass is 733 g/mol. The fourth-order valence-electron chi connectivity index (χ4n) is 6.19. The number of hydrogen-bond acceptors (Lipinski definition) is 9. The SMILES string of the molecule is Cc1ncsc1-c1ccc(C(C)NC(=O)[C@@H]2C[C@@H](O)CN2C(=O)C(NC(=O)COCC2CCN(C(=O)OC(C)(C)C)CC2)C(C)(C)C)cc1Cl. The van der Waals surface area contributed by atoms with Gasteiger partial charge in [-0.2, -0.15) is 0 Å². The Morgan fingerprint density at radius 1 is 1.10 bits per heavy atom. The van der Waals surface area contributed by atoms with E-state index in [4.69, 9.17) is 21.1 Å². The summed E-state index contributed by atoms with van der Waals surface area (Å²) < 4.78 is 11.2. The molecule has 2 aromatic rings. The van der Waals surface area contributed by atoms with Crippen LogP contribution in [0.5, 0.6) is 0 Å². The number of aliphatic hydroxyl groups excluding tert-OH is 1. The molecule has 2 aliphatic heterocycles. The third kappa shape index (κ3) is 10.4. The number of benzene rings is 1. The molecule has 4 rings (SSSR count). The Morgan fingerprint density at radius 2 is 1.78 bits per heavy atom. The number of rotatable bonds is 10. The topological polar surface area (TPSA) is 150 Å². The number of aliphatic hydroxyl groups is 1. The Balaban J connectivity index is 1.32. The molecular weight excluding hydrogens is 682 g/mol. The molecule has 3 N–H and O–H groups in total. The van der Waals surface area contributed by atoms with Crippen molar-refractivity contribution in [3.63, 3.8) is 0 Å². The summed E-state index contributed by atoms with van der Waals surface area (Å²) in [4.78, 5) is 61.3. The lowest BCUT2D eigenvalue weighted by atomic mass is 9.85. The number of likely N-dealkylation sites (tertiary alicyclic amines) is 2. The van der Waals surface area contributed by atoms with Crippen LogP contribution < -0.4 is 10.6 Å². The van der Waals surface area contributed by atoms with Gasteiger partial charge >= 0.3 is 6.09 Å². The number of hydrogen-bond donors (Lipinski definition) is 3. The zero-order chi connectivity index (χ0) is 37.0. The van der Waals surface area contributed by atoms with Gasteiger partial charge < -0.3 is 35.0 Å². The molecule has 2 saturated heterocycles. The molecule has 50 heavy (non-hydrogen) atoms. The fraction of sp³-hybridized carbons (Fsp3) is 0.639. The van der Waals surface area contributed by atoms with Crippen LogP contribution in [0.2, 0.25) is 5.02 Å². The van der Waals surface area contributed by atoms with E-state index in [9.17, 15) is 24.3 Å². The smallest absolute Gasteiger partial charge is 0.410 e. The van der Waals surface area contributed by atoms with Gasteiger partial charge in [0.15, 0.2) is 0 Å². The van der Waals surface area contributed by atoms with Crippen molar-refractivity contribution in [1.82, 2.24) is 25.4 Å². The summed E-state index contributed by atoms with van der Waals surface area (Å²) in [6.45, 7) is 16.0. The molecule has 4 atom stereocenters. The van der Waals surface area contributed by atoms with Crippen LogP contribution >= 0.6 is 22.9 Å². The number of nitrogens with zero attached hydrogens (tertiary/aromatic N) is 3. The molecule has 12 nitrogen and oxygen atoms in total. The van der Waals surface area contributed by atoms with Gasteiger partial charge in [-0.15, -0.1) is 11.3 Å². The quantitative estimate of drug-likeness (QED) is 0.305. The number of carbonyl (C=O) groups excluding carboxylic acids is 4. The van der Waals surface area contributed by atoms with Crippen molar-refractivity contribution >= 4 is 46.8 Å². The molecule has 4 amide bonds. The Labute approximate surface area is 304 Å². The summed E-state index contributed by atoms with van der Waals surface area (Å²) in [5.41, 5.74) is 3.07. The zero-order valence-corrected chi connectivity index (χ0v) is 31.9. The Kier molecular flexibility index (Phi) is 13.0. The minimum absolute atomic E-state index is 0.0268. The molecule has 0 radical (unpaired) electrons. The molecule has 1 aromatic heterocycles. The van der Waals surface area contributed by atoms with E-state index in [-0.39, 0.29) is 31.6 Å². The molecule has 14 heteroatoms. The number of carbonyl (C=O) groups is 4. The van der Waals surface area contributed by atoms with Gasteiger partial charge in [0.2, 0.25) is 17.7 Å². The maximum Gasteiger partial charge on any atom is 0.410 e. The Bertz CT molecular complexity index is 1530. The molecule has 0 spiro atoms. The highest BCUT2D eigenvalue weighted by Crippen LogP contribution is 2.35. The van der Waals surface area contributed by atoms with Gasteiger partial charge in [0.1, 0.15) is 24.3 Å². The Hall–Kier alpha value is -3.26. The highest BCUT2D eigenvalue weighted by molar-refractivity contribution is 7.13. The van der Waals surface area contributed by atoms with E-state index in [1.807, 2.05) is 73.6 Å². The minimum Gasteiger partial charge on any atom is -0.444 e. The second-order valence-electron chi connectivity index (χ2n) is 15.4. The lowest BCUT2D eigenvalue weighted by molar-refractivity contribution is -0.144. The lowest BCUT2D eigenvalue weighted by Crippen LogP contribution is -2.58. The number of aromatic nitrogens is 1. The van der Waals surface area contributed by atoms with Crippen molar-refractivity contribution in [1.29, 1.82) is 0 Å². The van der Waals surface area contributed by atoms with E-state index in [1.165, 1.54) is 16.2 Å². The lowest BCUT2D eigenvalue weighted by Gasteiger charge is -2.35. The van der Waals surface area contributed by atoms with Crippen molar-refractivity contribution in [3.05, 3.63) is 40.0 Å². The second-order valence-corrected chi connectivity index (χ2v) is 16.7. The first-order chi connectivity index (χ1) is 23.3. The first kappa shape index (κ1) is 39.5. The van der Waals surface area contributed by atoms with E-state index in [1.54, 1.807) is 10.4 Å². The van der Waals surface area contributed by atoms with Crippen LogP contribution in [-0.2, 0) is 23.9 Å². The van der Waals surface area contributed by atoms with Crippen LogP contribution in [0.25, 0.3) is 10.4 Å². The molecule has 276 valence electrons. The van der Waals surface area contributed by atoms with Crippen molar-refractivity contribution in [2.45, 2.75) is 104 Å². The van der Waals surface area contributed by atoms with E-state index >= 15 is 0 Å². The molecule has 3 heterocycles. The maximum atomic E-state index is 14.0. The van der Waals surface area contributed by atoms with Gasteiger partial charge in [-0.25, -0.2) is 9.78 Å². The van der Waals surface area contributed by atoms with Crippen molar-refractivity contribution in [3.8, 4) is 10.4 Å². The van der Waals surface area contributed by atoms with Crippen LogP contribution in [0.4, 0.5) is 4.79 Å². The number of piperidine rings is 1. The fourth-order valence-corrected chi connectivity index (χ4v) is 7.37. The van der Waals surface area contributed by atoms with Crippen molar-refractivity contribution in [2.75, 3.05) is 32.8 Å². The van der Waals surface area contributed by atoms with Crippen LogP contribution in [0, 0.1) is 18.3 Å². The predicted octanol–water partition coefficient (Wildman–Crippen LogP) is 5.11. The predicted molar refractivity (Wildman–Crippen MR) is 193 cm³/mol. The summed E-state index contributed by atoms with van der Waals surface area (Å²) in [7, 11) is 0. The second kappa shape index (κ2) is 16.4. The summed E-state index contributed by atoms with van der Waals surface area (Å²) in [6, 6.07) is 3.32. The number of halogens is 1. The Morgan fingerprint density at radius 3 is 2.36 bits per heavy atom. The van der Waals surface area contributed by atoms with Gasteiger partial charge in [-0.3, -0.25) is 14.4 Å². The maximum absolute atomic E-state index is 14.0. The van der Waals surface area contributed by atoms with Crippen LogP contribution in [0.1, 0.15) is 85.0 Å². The van der Waals surface area contributed by atoms with Gasteiger partial charge in [-0.1, -0.05) is 44.5 Å². The number of aryl methyl sites for hydroxylation is 1. The van der Waals surface area contributed by atoms with Crippen molar-refractivity contribution in [2.24, 2.45) is 11.3 Å². The summed E-state index contributed by atoms with van der Waals surface area (Å²) >= 11 is 8.13. The number of thiazole rings is 1. The number of nitrogens with one attached hydrogen (secondary N) is 2. The molecule has 2 fully saturated rings. The van der Waals surface area contributed by atoms with Crippen LogP contribution in [-0.4, -0.2) is 100 Å². The molecule has 2 aliphatic rings. The van der Waals surface area contributed by atoms with Gasteiger partial charge in [0.05, 0.1) is 34.8 Å². The molecule has 0 saturated carbocycles. The van der Waals surface area contributed by atoms with E-state index in [2.05, 4.69) is 15.6 Å². The number of amides is 4. The van der Waals surface area contributed by atoms with Gasteiger partial charge in [0.25, 0.3) is 0 Å². The third-order valence-corrected chi connectivity index (χ3v) is 10.3. The molecule has 0 bridgehead atoms. The first-order valence-corrected chi connectivity index (χ1v) is 18.4. The summed E-state index contributed by atoms with van der Waals surface area (Å²) in [6.07, 6.45) is 0.326. The van der Waals surface area contributed by atoms with E-state index in [0.29, 0.717) is 24.7 Å². The third-order valence-electron chi connectivity index (χ3n) is 8.98. The largest absolute Gasteiger partial charge is 0.444 e. The molecule has 2 unspecified atom stereocenters. The van der Waals surface area contributed by atoms with Crippen LogP contribution in [0.3, 0.4) is 0 Å². The van der Waals surface area contributed by atoms with Gasteiger partial charge in [-0.05, 0) is 70.4 Å². The molecule has 1 aromatic carbocycles. The van der Waals surface area contributed by atoms with Gasteiger partial charge in [0, 0.05) is 36.6 Å². The highest BCUT2D eigenvalue weighted by atomic mass is 35.5. The summed E-state index contributed by atoms with van der Waals surface area (Å²) in [5.74, 6) is -1.11. The zero-order valence-electron chi connectivity index (χ0n) is 30.4. The molecular formula is C36H52ClN5O7S. The van der Waals surface area contributed by atoms with E-state index in [0.717, 1.165) is 34.5 Å². The van der Waals surface area contributed by atoms with Crippen LogP contribution in [0.15, 0.2) is 23.7 Å².